The van der Waals surface area contributed by atoms with E-state index in [0.717, 1.165) is 0 Å². The van der Waals surface area contributed by atoms with E-state index in [2.05, 4.69) is 22.8 Å². The van der Waals surface area contributed by atoms with E-state index in [4.69, 9.17) is 53.6 Å². The zero-order valence-electron chi connectivity index (χ0n) is 19.7. The van der Waals surface area contributed by atoms with Gasteiger partial charge in [-0.05, 0) is 26.3 Å². The van der Waals surface area contributed by atoms with Gasteiger partial charge in [0.1, 0.15) is 12.5 Å². The van der Waals surface area contributed by atoms with Gasteiger partial charge in [0.25, 0.3) is 0 Å². The second-order valence-electron chi connectivity index (χ2n) is 9.07. The fourth-order valence-electron chi connectivity index (χ4n) is 3.07. The van der Waals surface area contributed by atoms with Crippen LogP contribution < -0.4 is 4.72 Å². The normalized spacial score (nSPS) is 21.9. The van der Waals surface area contributed by atoms with Crippen molar-refractivity contribution in [2.45, 2.75) is 49.1 Å². The van der Waals surface area contributed by atoms with E-state index in [1.54, 1.807) is 6.08 Å². The van der Waals surface area contributed by atoms with Crippen LogP contribution in [0.4, 0.5) is 0 Å². The molecule has 0 amide bonds. The van der Waals surface area contributed by atoms with Crippen LogP contribution in [0.2, 0.25) is 0 Å². The number of carbonyl (C=O) groups is 2. The highest BCUT2D eigenvalue weighted by atomic mass is 35.6. The number of likely N-dealkylation sites (N-methyl/N-ethyl adjacent to an activating group) is 1. The Morgan fingerprint density at radius 1 is 1.20 bits per heavy atom. The summed E-state index contributed by atoms with van der Waals surface area (Å²) < 4.78 is 51.3. The number of hydrogen-bond acceptors (Lipinski definition) is 10. The molecule has 0 spiro atoms. The van der Waals surface area contributed by atoms with Crippen molar-refractivity contribution in [1.82, 2.24) is 9.62 Å². The van der Waals surface area contributed by atoms with Crippen LogP contribution in [0.25, 0.3) is 0 Å². The molecule has 0 saturated carbocycles. The number of hydrogen-bond donors (Lipinski definition) is 1. The first-order chi connectivity index (χ1) is 16.1. The Hall–Kier alpha value is -0.635. The maximum absolute atomic E-state index is 12.4. The van der Waals surface area contributed by atoms with Gasteiger partial charge < -0.3 is 18.8 Å². The summed E-state index contributed by atoms with van der Waals surface area (Å²) in [6.07, 6.45) is 4.55. The molecule has 0 radical (unpaired) electrons. The Kier molecular flexibility index (Phi) is 11.6. The molecule has 2 saturated heterocycles. The van der Waals surface area contributed by atoms with E-state index >= 15 is 0 Å². The predicted molar refractivity (Wildman–Crippen MR) is 130 cm³/mol. The smallest absolute Gasteiger partial charge is 0.497 e. The monoisotopic (exact) mass is 578 g/mol. The topological polar surface area (TPSA) is 130 Å². The molecule has 35 heavy (non-hydrogen) atoms. The van der Waals surface area contributed by atoms with Crippen LogP contribution >= 0.6 is 34.8 Å². The molecule has 2 heterocycles. The highest BCUT2D eigenvalue weighted by Crippen LogP contribution is 2.27. The molecule has 16 heteroatoms. The minimum absolute atomic E-state index is 0.0276. The van der Waals surface area contributed by atoms with Crippen LogP contribution in [-0.2, 0) is 42.9 Å². The van der Waals surface area contributed by atoms with Crippen molar-refractivity contribution in [3.8, 4) is 0 Å². The van der Waals surface area contributed by atoms with Gasteiger partial charge in [-0.2, -0.15) is 13.1 Å². The molecule has 0 aromatic rings. The van der Waals surface area contributed by atoms with Gasteiger partial charge in [0, 0.05) is 5.41 Å². The highest BCUT2D eigenvalue weighted by Gasteiger charge is 2.41. The molecule has 1 N–H and O–H groups in total. The molecule has 0 aliphatic carbocycles. The van der Waals surface area contributed by atoms with Crippen molar-refractivity contribution in [3.63, 3.8) is 0 Å². The van der Waals surface area contributed by atoms with Gasteiger partial charge in [-0.3, -0.25) is 18.7 Å². The maximum Gasteiger partial charge on any atom is 0.622 e. The summed E-state index contributed by atoms with van der Waals surface area (Å²) >= 11 is 16.6. The predicted octanol–water partition coefficient (Wildman–Crippen LogP) is 1.76. The SMILES string of the molecule is CN1CC(=O)OB(C(/C=C/CCCC2OCC(C)(C)CO2)NS(=O)(=O)OCC(Cl)(Cl)Cl)OC(=O)C1. The van der Waals surface area contributed by atoms with Crippen LogP contribution in [0.3, 0.4) is 0 Å². The Morgan fingerprint density at radius 2 is 1.77 bits per heavy atom. The van der Waals surface area contributed by atoms with Gasteiger partial charge in [-0.15, -0.1) is 0 Å². The van der Waals surface area contributed by atoms with Gasteiger partial charge in [0.2, 0.25) is 3.79 Å². The van der Waals surface area contributed by atoms with E-state index in [9.17, 15) is 18.0 Å². The van der Waals surface area contributed by atoms with E-state index in [1.165, 1.54) is 18.0 Å². The lowest BCUT2D eigenvalue weighted by molar-refractivity contribution is -0.223. The summed E-state index contributed by atoms with van der Waals surface area (Å²) in [5.41, 5.74) is -0.0276. The lowest BCUT2D eigenvalue weighted by Crippen LogP contribution is -2.53. The largest absolute Gasteiger partial charge is 0.622 e. The molecule has 1 atom stereocenters. The Labute approximate surface area is 221 Å². The number of nitrogens with one attached hydrogen (secondary N) is 1. The van der Waals surface area contributed by atoms with Crippen LogP contribution in [0, 0.1) is 5.41 Å². The average Bonchev–Trinajstić information content (AvgIpc) is 2.70. The zero-order chi connectivity index (χ0) is 26.3. The fourth-order valence-corrected chi connectivity index (χ4v) is 4.35. The third kappa shape index (κ3) is 12.4. The lowest BCUT2D eigenvalue weighted by Gasteiger charge is -2.34. The summed E-state index contributed by atoms with van der Waals surface area (Å²) in [5.74, 6) is -2.71. The van der Waals surface area contributed by atoms with Crippen molar-refractivity contribution >= 4 is 64.2 Å². The van der Waals surface area contributed by atoms with Crippen LogP contribution in [-0.4, -0.2) is 88.4 Å². The number of ether oxygens (including phenoxy) is 2. The molecule has 0 bridgehead atoms. The van der Waals surface area contributed by atoms with Gasteiger partial charge in [-0.25, -0.2) is 0 Å². The van der Waals surface area contributed by atoms with E-state index < -0.39 is 45.7 Å². The highest BCUT2D eigenvalue weighted by molar-refractivity contribution is 7.84. The summed E-state index contributed by atoms with van der Waals surface area (Å²) in [6, 6.07) is 0. The van der Waals surface area contributed by atoms with Gasteiger partial charge in [-0.1, -0.05) is 60.8 Å². The Balaban J connectivity index is 2.03. The van der Waals surface area contributed by atoms with E-state index in [-0.39, 0.29) is 24.8 Å². The van der Waals surface area contributed by atoms with E-state index in [0.29, 0.717) is 32.5 Å². The molecule has 0 aromatic heterocycles. The van der Waals surface area contributed by atoms with Gasteiger partial charge in [0.05, 0.1) is 26.3 Å². The van der Waals surface area contributed by atoms with Crippen molar-refractivity contribution in [1.29, 1.82) is 0 Å². The third-order valence-electron chi connectivity index (χ3n) is 4.72. The van der Waals surface area contributed by atoms with Crippen molar-refractivity contribution in [3.05, 3.63) is 12.2 Å². The first kappa shape index (κ1) is 30.6. The molecular weight excluding hydrogens is 549 g/mol. The minimum atomic E-state index is -4.49. The molecular formula is C19H30BCl3N2O9S. The van der Waals surface area contributed by atoms with Crippen LogP contribution in [0.15, 0.2) is 12.2 Å². The number of halogens is 3. The van der Waals surface area contributed by atoms with Crippen molar-refractivity contribution < 1.29 is 41.0 Å². The second kappa shape index (κ2) is 13.2. The van der Waals surface area contributed by atoms with Crippen molar-refractivity contribution in [2.24, 2.45) is 5.41 Å². The lowest BCUT2D eigenvalue weighted by atomic mass is 9.78. The number of allylic oxidation sites excluding steroid dienone is 1. The Bertz CT molecular complexity index is 840. The first-order valence-corrected chi connectivity index (χ1v) is 13.4. The fraction of sp³-hybridized carbons (Fsp3) is 0.789. The number of unbranched alkanes of at least 4 members (excludes halogenated alkanes) is 1. The number of alkyl halides is 3. The molecule has 2 fully saturated rings. The third-order valence-corrected chi connectivity index (χ3v) is 6.03. The van der Waals surface area contributed by atoms with Crippen LogP contribution in [0.1, 0.15) is 33.1 Å². The van der Waals surface area contributed by atoms with Crippen molar-refractivity contribution in [2.75, 3.05) is 40.0 Å². The molecule has 2 aliphatic rings. The molecule has 11 nitrogen and oxygen atoms in total. The molecule has 0 aromatic carbocycles. The average molecular weight is 580 g/mol. The Morgan fingerprint density at radius 3 is 2.31 bits per heavy atom. The standard InChI is InChI=1S/C19H30BCl3N2O9S/c1-18(2)11-30-17(31-12-18)8-6-4-5-7-14(24-35(28,29)32-13-19(21,22)23)20-33-15(26)9-25(3)10-16(27)34-20/h5,7,14,17,24H,4,6,8-13H2,1-3H3/b7-5+. The molecule has 2 aliphatic heterocycles. The maximum atomic E-state index is 12.4. The molecule has 200 valence electrons. The first-order valence-electron chi connectivity index (χ1n) is 10.8. The quantitative estimate of drug-likeness (QED) is 0.177. The van der Waals surface area contributed by atoms with Gasteiger partial charge >= 0.3 is 29.4 Å². The summed E-state index contributed by atoms with van der Waals surface area (Å²) in [7, 11) is -4.52. The second-order valence-corrected chi connectivity index (χ2v) is 13.0. The molecule has 2 rings (SSSR count). The number of rotatable bonds is 10. The minimum Gasteiger partial charge on any atom is -0.497 e. The summed E-state index contributed by atoms with van der Waals surface area (Å²) in [4.78, 5) is 25.6. The van der Waals surface area contributed by atoms with Crippen LogP contribution in [0.5, 0.6) is 0 Å². The van der Waals surface area contributed by atoms with E-state index in [1.807, 2.05) is 0 Å². The molecule has 1 unspecified atom stereocenters. The zero-order valence-corrected chi connectivity index (χ0v) is 22.8. The summed E-state index contributed by atoms with van der Waals surface area (Å²) in [6.45, 7) is 4.16. The number of nitrogens with zero attached hydrogens (tertiary/aromatic N) is 1. The van der Waals surface area contributed by atoms with Gasteiger partial charge in [0.15, 0.2) is 6.29 Å². The number of carbonyl (C=O) groups excluding carboxylic acids is 2. The summed E-state index contributed by atoms with van der Waals surface area (Å²) in [5, 5.41) is 0.